The number of anilines is 1. The molecule has 1 saturated carbocycles. The molecule has 224 valence electrons. The van der Waals surface area contributed by atoms with E-state index in [2.05, 4.69) is 50.8 Å². The Kier molecular flexibility index (Phi) is 7.83. The average molecular weight is 587 g/mol. The second-order valence-corrected chi connectivity index (χ2v) is 12.4. The van der Waals surface area contributed by atoms with Crippen LogP contribution in [0.5, 0.6) is 0 Å². The Bertz CT molecular complexity index is 1760. The van der Waals surface area contributed by atoms with Crippen LogP contribution in [0.3, 0.4) is 0 Å². The number of carboxylic acid groups (broad SMARTS) is 1. The number of aliphatic carboxylic acids is 1. The fraction of sp³-hybridized carbons (Fsp3) is 0.333. The topological polar surface area (TPSA) is 110 Å². The van der Waals surface area contributed by atoms with Gasteiger partial charge in [0.25, 0.3) is 0 Å². The van der Waals surface area contributed by atoms with Gasteiger partial charge in [-0.1, -0.05) is 42.5 Å². The minimum Gasteiger partial charge on any atom is -0.481 e. The largest absolute Gasteiger partial charge is 0.481 e. The van der Waals surface area contributed by atoms with E-state index >= 15 is 0 Å². The molecule has 1 unspecified atom stereocenters. The van der Waals surface area contributed by atoms with Gasteiger partial charge in [0.1, 0.15) is 11.3 Å². The second-order valence-electron chi connectivity index (χ2n) is 12.4. The van der Waals surface area contributed by atoms with Crippen LogP contribution in [0.2, 0.25) is 0 Å². The number of carboxylic acids is 1. The molecule has 4 heterocycles. The van der Waals surface area contributed by atoms with E-state index in [9.17, 15) is 9.90 Å². The van der Waals surface area contributed by atoms with Crippen LogP contribution in [0.15, 0.2) is 85.1 Å². The number of fused-ring (bicyclic) bond motifs is 1. The van der Waals surface area contributed by atoms with Gasteiger partial charge in [-0.15, -0.1) is 0 Å². The highest BCUT2D eigenvalue weighted by atomic mass is 16.4. The van der Waals surface area contributed by atoms with Crippen molar-refractivity contribution in [3.05, 3.63) is 90.6 Å². The molecule has 2 aliphatic rings. The lowest BCUT2D eigenvalue weighted by Gasteiger charge is -2.37. The molecular weight excluding hydrogens is 548 g/mol. The Balaban J connectivity index is 1.17. The molecular formula is C36H38N6O2. The van der Waals surface area contributed by atoms with Crippen molar-refractivity contribution in [3.8, 4) is 28.3 Å². The standard InChI is InChI=1S/C36H38N6O2/c37-33-30(9-4-20-38-33)34-40-32-19-18-31(26-6-2-1-3-7-26)39-35(32)42(34)29-16-14-25(15-17-29)28-8-5-21-41(23-28)22-24-10-12-27(13-11-24)36(43)44/h1-4,6-7,9,14-20,24,27-28H,5,8,10-13,21-23H2,(H2,37,38)(H,43,44). The fourth-order valence-electron chi connectivity index (χ4n) is 7.10. The fourth-order valence-corrected chi connectivity index (χ4v) is 7.10. The normalized spacial score (nSPS) is 21.0. The van der Waals surface area contributed by atoms with E-state index in [-0.39, 0.29) is 5.92 Å². The molecule has 0 spiro atoms. The zero-order valence-corrected chi connectivity index (χ0v) is 24.8. The van der Waals surface area contributed by atoms with E-state index in [0.29, 0.717) is 17.7 Å². The summed E-state index contributed by atoms with van der Waals surface area (Å²) in [6.07, 6.45) is 7.73. The molecule has 8 heteroatoms. The maximum absolute atomic E-state index is 11.4. The molecule has 0 amide bonds. The number of benzene rings is 2. The van der Waals surface area contributed by atoms with Crippen molar-refractivity contribution in [2.75, 3.05) is 25.4 Å². The van der Waals surface area contributed by atoms with E-state index in [1.165, 1.54) is 18.4 Å². The molecule has 2 fully saturated rings. The van der Waals surface area contributed by atoms with E-state index in [4.69, 9.17) is 15.7 Å². The number of aromatic nitrogens is 4. The van der Waals surface area contributed by atoms with Crippen molar-refractivity contribution in [1.29, 1.82) is 0 Å². The van der Waals surface area contributed by atoms with Crippen LogP contribution in [-0.2, 0) is 4.79 Å². The van der Waals surface area contributed by atoms with Crippen molar-refractivity contribution in [2.24, 2.45) is 11.8 Å². The third kappa shape index (κ3) is 5.69. The van der Waals surface area contributed by atoms with E-state index < -0.39 is 5.97 Å². The molecule has 3 N–H and O–H groups in total. The average Bonchev–Trinajstić information content (AvgIpc) is 3.44. The smallest absolute Gasteiger partial charge is 0.306 e. The molecule has 0 radical (unpaired) electrons. The van der Waals surface area contributed by atoms with E-state index in [1.807, 2.05) is 42.5 Å². The molecule has 1 aliphatic carbocycles. The lowest BCUT2D eigenvalue weighted by atomic mass is 9.81. The Labute approximate surface area is 257 Å². The van der Waals surface area contributed by atoms with Crippen LogP contribution in [0.25, 0.3) is 39.5 Å². The van der Waals surface area contributed by atoms with Crippen molar-refractivity contribution in [2.45, 2.75) is 44.4 Å². The first kappa shape index (κ1) is 28.2. The summed E-state index contributed by atoms with van der Waals surface area (Å²) in [5.41, 5.74) is 13.0. The number of carbonyl (C=O) groups is 1. The van der Waals surface area contributed by atoms with Gasteiger partial charge in [0.2, 0.25) is 0 Å². The maximum Gasteiger partial charge on any atom is 0.306 e. The Morgan fingerprint density at radius 1 is 0.886 bits per heavy atom. The van der Waals surface area contributed by atoms with Crippen LogP contribution in [0.1, 0.15) is 50.0 Å². The minimum atomic E-state index is -0.628. The van der Waals surface area contributed by atoms with Crippen LogP contribution in [-0.4, -0.2) is 55.1 Å². The zero-order valence-electron chi connectivity index (χ0n) is 24.8. The summed E-state index contributed by atoms with van der Waals surface area (Å²) in [5, 5.41) is 9.36. The number of hydrogen-bond acceptors (Lipinski definition) is 6. The lowest BCUT2D eigenvalue weighted by molar-refractivity contribution is -0.143. The summed E-state index contributed by atoms with van der Waals surface area (Å²) in [4.78, 5) is 28.4. The Morgan fingerprint density at radius 2 is 1.68 bits per heavy atom. The van der Waals surface area contributed by atoms with E-state index in [1.54, 1.807) is 6.20 Å². The molecule has 2 aromatic carbocycles. The first-order chi connectivity index (χ1) is 21.5. The highest BCUT2D eigenvalue weighted by Crippen LogP contribution is 2.35. The van der Waals surface area contributed by atoms with Gasteiger partial charge in [-0.2, -0.15) is 0 Å². The summed E-state index contributed by atoms with van der Waals surface area (Å²) in [6, 6.07) is 26.9. The number of pyridine rings is 2. The number of nitrogens with zero attached hydrogens (tertiary/aromatic N) is 5. The number of piperidine rings is 1. The molecule has 1 atom stereocenters. The van der Waals surface area contributed by atoms with Crippen LogP contribution >= 0.6 is 0 Å². The summed E-state index contributed by atoms with van der Waals surface area (Å²) < 4.78 is 2.10. The van der Waals surface area contributed by atoms with Gasteiger partial charge in [-0.25, -0.2) is 15.0 Å². The minimum absolute atomic E-state index is 0.151. The number of rotatable bonds is 7. The molecule has 5 aromatic rings. The van der Waals surface area contributed by atoms with Crippen molar-refractivity contribution < 1.29 is 9.90 Å². The van der Waals surface area contributed by atoms with Crippen molar-refractivity contribution >= 4 is 23.0 Å². The molecule has 3 aromatic heterocycles. The van der Waals surface area contributed by atoms with Gasteiger partial charge in [0, 0.05) is 30.5 Å². The van der Waals surface area contributed by atoms with Gasteiger partial charge in [0.05, 0.1) is 17.2 Å². The van der Waals surface area contributed by atoms with Gasteiger partial charge < -0.3 is 15.7 Å². The first-order valence-electron chi connectivity index (χ1n) is 15.7. The van der Waals surface area contributed by atoms with Crippen LogP contribution < -0.4 is 5.73 Å². The van der Waals surface area contributed by atoms with Crippen LogP contribution in [0.4, 0.5) is 5.82 Å². The summed E-state index contributed by atoms with van der Waals surface area (Å²) >= 11 is 0. The number of hydrogen-bond donors (Lipinski definition) is 2. The monoisotopic (exact) mass is 586 g/mol. The van der Waals surface area contributed by atoms with Gasteiger partial charge >= 0.3 is 5.97 Å². The Hall–Kier alpha value is -4.56. The Morgan fingerprint density at radius 3 is 2.43 bits per heavy atom. The van der Waals surface area contributed by atoms with Gasteiger partial charge in [0.15, 0.2) is 11.5 Å². The van der Waals surface area contributed by atoms with Crippen molar-refractivity contribution in [1.82, 2.24) is 24.4 Å². The third-order valence-corrected chi connectivity index (χ3v) is 9.49. The highest BCUT2D eigenvalue weighted by Gasteiger charge is 2.29. The number of nitrogen functional groups attached to an aromatic ring is 1. The summed E-state index contributed by atoms with van der Waals surface area (Å²) in [7, 11) is 0. The highest BCUT2D eigenvalue weighted by molar-refractivity contribution is 5.84. The zero-order chi connectivity index (χ0) is 30.0. The molecule has 0 bridgehead atoms. The van der Waals surface area contributed by atoms with Crippen LogP contribution in [0, 0.1) is 11.8 Å². The quantitative estimate of drug-likeness (QED) is 0.216. The van der Waals surface area contributed by atoms with Gasteiger partial charge in [-0.05, 0) is 98.9 Å². The SMILES string of the molecule is Nc1ncccc1-c1nc2ccc(-c3ccccc3)nc2n1-c1ccc(C2CCCN(CC3CCC(C(=O)O)CC3)C2)cc1. The molecule has 8 nitrogen and oxygen atoms in total. The van der Waals surface area contributed by atoms with Crippen molar-refractivity contribution in [3.63, 3.8) is 0 Å². The third-order valence-electron chi connectivity index (χ3n) is 9.49. The number of likely N-dealkylation sites (tertiary alicyclic amines) is 1. The molecule has 7 rings (SSSR count). The molecule has 1 saturated heterocycles. The maximum atomic E-state index is 11.4. The number of nitrogens with two attached hydrogens (primary N) is 1. The molecule has 1 aliphatic heterocycles. The lowest BCUT2D eigenvalue weighted by Crippen LogP contribution is -2.39. The predicted molar refractivity (Wildman–Crippen MR) is 173 cm³/mol. The molecule has 44 heavy (non-hydrogen) atoms. The predicted octanol–water partition coefficient (Wildman–Crippen LogP) is 6.80. The summed E-state index contributed by atoms with van der Waals surface area (Å²) in [5.74, 6) is 1.45. The second kappa shape index (κ2) is 12.2. The summed E-state index contributed by atoms with van der Waals surface area (Å²) in [6.45, 7) is 3.25. The first-order valence-corrected chi connectivity index (χ1v) is 15.7. The number of imidazole rings is 1. The van der Waals surface area contributed by atoms with E-state index in [0.717, 1.165) is 84.8 Å². The van der Waals surface area contributed by atoms with Gasteiger partial charge in [-0.3, -0.25) is 9.36 Å².